The second-order valence-electron chi connectivity index (χ2n) is 12.4. The largest absolute Gasteiger partial charge is 0.454 e. The Balaban J connectivity index is 1.29. The SMILES string of the molecule is c1ccc2c(c1)oc1c2ccc2c3cc(-c4ccc5sc6ccccc6c5c4)cc4c5ccc6c7ccccc7oc6c5n(c34)c21. The summed E-state index contributed by atoms with van der Waals surface area (Å²) in [6.07, 6.45) is 0. The number of thiophene rings is 1. The van der Waals surface area contributed by atoms with Crippen LogP contribution in [-0.2, 0) is 0 Å². The first kappa shape index (κ1) is 23.5. The highest BCUT2D eigenvalue weighted by Crippen LogP contribution is 2.48. The van der Waals surface area contributed by atoms with E-state index >= 15 is 0 Å². The maximum Gasteiger partial charge on any atom is 0.160 e. The van der Waals surface area contributed by atoms with Gasteiger partial charge in [-0.05, 0) is 65.7 Å². The number of para-hydroxylation sites is 2. The third kappa shape index (κ3) is 2.76. The van der Waals surface area contributed by atoms with Gasteiger partial charge in [-0.3, -0.25) is 0 Å². The Morgan fingerprint density at radius 3 is 1.54 bits per heavy atom. The van der Waals surface area contributed by atoms with Crippen LogP contribution < -0.4 is 0 Å². The number of nitrogens with zero attached hydrogens (tertiary/aromatic N) is 1. The van der Waals surface area contributed by atoms with E-state index in [1.54, 1.807) is 0 Å². The van der Waals surface area contributed by atoms with Gasteiger partial charge in [-0.2, -0.15) is 0 Å². The molecule has 0 saturated carbocycles. The summed E-state index contributed by atoms with van der Waals surface area (Å²) in [6.45, 7) is 0. The average Bonchev–Trinajstić information content (AvgIpc) is 3.90. The van der Waals surface area contributed by atoms with Gasteiger partial charge in [0.2, 0.25) is 0 Å². The van der Waals surface area contributed by atoms with Crippen molar-refractivity contribution in [2.24, 2.45) is 0 Å². The molecule has 0 saturated heterocycles. The van der Waals surface area contributed by atoms with Crippen LogP contribution >= 0.6 is 11.3 Å². The molecule has 3 nitrogen and oxygen atoms in total. The molecule has 5 aromatic heterocycles. The first-order chi connectivity index (χ1) is 22.8. The summed E-state index contributed by atoms with van der Waals surface area (Å²) in [5, 5.41) is 12.0. The van der Waals surface area contributed by atoms with Gasteiger partial charge in [0, 0.05) is 63.3 Å². The van der Waals surface area contributed by atoms with E-state index in [0.717, 1.165) is 54.9 Å². The van der Waals surface area contributed by atoms with Crippen molar-refractivity contribution >= 4 is 113 Å². The molecule has 212 valence electrons. The molecule has 0 fully saturated rings. The monoisotopic (exact) mass is 603 g/mol. The van der Waals surface area contributed by atoms with Crippen LogP contribution in [0.2, 0.25) is 0 Å². The van der Waals surface area contributed by atoms with Crippen LogP contribution in [0.4, 0.5) is 0 Å². The van der Waals surface area contributed by atoms with Crippen molar-refractivity contribution < 1.29 is 8.83 Å². The van der Waals surface area contributed by atoms with Crippen molar-refractivity contribution in [3.05, 3.63) is 127 Å². The summed E-state index contributed by atoms with van der Waals surface area (Å²) in [5.74, 6) is 0. The number of rotatable bonds is 1. The van der Waals surface area contributed by atoms with Crippen molar-refractivity contribution in [2.75, 3.05) is 0 Å². The van der Waals surface area contributed by atoms with Crippen LogP contribution in [0.25, 0.3) is 113 Å². The Bertz CT molecular complexity index is 3100. The van der Waals surface area contributed by atoms with Crippen LogP contribution in [0.5, 0.6) is 0 Å². The minimum Gasteiger partial charge on any atom is -0.454 e. The highest BCUT2D eigenvalue weighted by atomic mass is 32.1. The zero-order valence-electron chi connectivity index (χ0n) is 24.3. The number of benzene rings is 7. The lowest BCUT2D eigenvalue weighted by atomic mass is 9.97. The fourth-order valence-electron chi connectivity index (χ4n) is 8.12. The molecule has 0 aliphatic rings. The van der Waals surface area contributed by atoms with Crippen molar-refractivity contribution in [1.82, 2.24) is 4.40 Å². The number of hydrogen-bond acceptors (Lipinski definition) is 3. The van der Waals surface area contributed by atoms with Gasteiger partial charge in [0.15, 0.2) is 11.2 Å². The molecule has 0 radical (unpaired) electrons. The fraction of sp³-hybridized carbons (Fsp3) is 0. The van der Waals surface area contributed by atoms with Gasteiger partial charge >= 0.3 is 0 Å². The number of aromatic nitrogens is 1. The Morgan fingerprint density at radius 1 is 0.370 bits per heavy atom. The predicted molar refractivity (Wildman–Crippen MR) is 194 cm³/mol. The van der Waals surface area contributed by atoms with Crippen molar-refractivity contribution in [1.29, 1.82) is 0 Å². The molecule has 12 rings (SSSR count). The first-order valence-corrected chi connectivity index (χ1v) is 16.4. The molecule has 0 aliphatic heterocycles. The highest BCUT2D eigenvalue weighted by Gasteiger charge is 2.25. The second kappa shape index (κ2) is 8.05. The van der Waals surface area contributed by atoms with Crippen LogP contribution in [0.15, 0.2) is 136 Å². The van der Waals surface area contributed by atoms with E-state index in [1.165, 1.54) is 58.4 Å². The molecule has 7 aromatic carbocycles. The summed E-state index contributed by atoms with van der Waals surface area (Å²) in [6, 6.07) is 46.1. The zero-order chi connectivity index (χ0) is 29.7. The third-order valence-corrected chi connectivity index (χ3v) is 11.3. The average molecular weight is 604 g/mol. The zero-order valence-corrected chi connectivity index (χ0v) is 25.1. The molecule has 0 bridgehead atoms. The highest BCUT2D eigenvalue weighted by molar-refractivity contribution is 7.25. The summed E-state index contributed by atoms with van der Waals surface area (Å²) in [5.41, 5.74) is 9.45. The maximum absolute atomic E-state index is 6.69. The molecular weight excluding hydrogens is 583 g/mol. The van der Waals surface area contributed by atoms with E-state index in [-0.39, 0.29) is 0 Å². The molecule has 12 aromatic rings. The van der Waals surface area contributed by atoms with Gasteiger partial charge < -0.3 is 13.2 Å². The van der Waals surface area contributed by atoms with Crippen molar-refractivity contribution in [2.45, 2.75) is 0 Å². The molecule has 5 heterocycles. The minimum atomic E-state index is 0.903. The Labute approximate surface area is 264 Å². The Morgan fingerprint density at radius 2 is 0.891 bits per heavy atom. The second-order valence-corrected chi connectivity index (χ2v) is 13.5. The van der Waals surface area contributed by atoms with Crippen LogP contribution in [0.1, 0.15) is 0 Å². The summed E-state index contributed by atoms with van der Waals surface area (Å²) in [7, 11) is 0. The lowest BCUT2D eigenvalue weighted by Gasteiger charge is -2.05. The van der Waals surface area contributed by atoms with Gasteiger partial charge in [0.1, 0.15) is 11.2 Å². The van der Waals surface area contributed by atoms with Crippen molar-refractivity contribution in [3.8, 4) is 11.1 Å². The van der Waals surface area contributed by atoms with Gasteiger partial charge in [0.25, 0.3) is 0 Å². The standard InChI is InChI=1S/C42H21NO2S/c1-4-10-34-24(7-1)29-16-14-27-32-20-23(22-13-18-37-31(19-22)26-9-3-6-12-36(26)46-37)21-33-28-15-17-30-25-8-2-5-11-35(25)45-42(30)40(28)43(38(32)33)39(27)41(29)44-34/h1-21H. The minimum absolute atomic E-state index is 0.903. The first-order valence-electron chi connectivity index (χ1n) is 15.6. The van der Waals surface area contributed by atoms with Gasteiger partial charge in [-0.1, -0.05) is 72.8 Å². The molecule has 0 spiro atoms. The molecule has 0 N–H and O–H groups in total. The van der Waals surface area contributed by atoms with E-state index in [2.05, 4.69) is 120 Å². The summed E-state index contributed by atoms with van der Waals surface area (Å²) >= 11 is 1.86. The molecule has 0 unspecified atom stereocenters. The Hall–Kier alpha value is -5.84. The number of fused-ring (bicyclic) bond motifs is 17. The van der Waals surface area contributed by atoms with Gasteiger partial charge in [-0.15, -0.1) is 11.3 Å². The van der Waals surface area contributed by atoms with E-state index in [1.807, 2.05) is 23.5 Å². The molecule has 4 heteroatoms. The van der Waals surface area contributed by atoms with E-state index in [4.69, 9.17) is 8.83 Å². The molecule has 0 atom stereocenters. The van der Waals surface area contributed by atoms with Crippen LogP contribution in [0.3, 0.4) is 0 Å². The lowest BCUT2D eigenvalue weighted by molar-refractivity contribution is 0.670. The number of furan rings is 2. The van der Waals surface area contributed by atoms with Crippen LogP contribution in [0, 0.1) is 0 Å². The predicted octanol–water partition coefficient (Wildman–Crippen LogP) is 12.7. The van der Waals surface area contributed by atoms with Gasteiger partial charge in [0.05, 0.1) is 16.6 Å². The normalized spacial score (nSPS) is 12.8. The van der Waals surface area contributed by atoms with E-state index < -0.39 is 0 Å². The number of hydrogen-bond donors (Lipinski definition) is 0. The van der Waals surface area contributed by atoms with Crippen molar-refractivity contribution in [3.63, 3.8) is 0 Å². The third-order valence-electron chi connectivity index (χ3n) is 10.1. The van der Waals surface area contributed by atoms with E-state index in [9.17, 15) is 0 Å². The maximum atomic E-state index is 6.69. The Kier molecular flexibility index (Phi) is 4.12. The fourth-order valence-corrected chi connectivity index (χ4v) is 9.21. The molecular formula is C42H21NO2S. The van der Waals surface area contributed by atoms with Crippen LogP contribution in [-0.4, -0.2) is 4.40 Å². The topological polar surface area (TPSA) is 30.7 Å². The smallest absolute Gasteiger partial charge is 0.160 e. The molecule has 0 amide bonds. The van der Waals surface area contributed by atoms with Gasteiger partial charge in [-0.25, -0.2) is 0 Å². The molecule has 0 aliphatic carbocycles. The quantitative estimate of drug-likeness (QED) is 0.187. The summed E-state index contributed by atoms with van der Waals surface area (Å²) < 4.78 is 18.4. The van der Waals surface area contributed by atoms with E-state index in [0.29, 0.717) is 0 Å². The summed E-state index contributed by atoms with van der Waals surface area (Å²) in [4.78, 5) is 0. The molecule has 46 heavy (non-hydrogen) atoms. The lowest BCUT2D eigenvalue weighted by Crippen LogP contribution is -1.82.